The van der Waals surface area contributed by atoms with Gasteiger partial charge >= 0.3 is 0 Å². The van der Waals surface area contributed by atoms with E-state index in [1.165, 1.54) is 0 Å². The minimum absolute atomic E-state index is 0.205. The van der Waals surface area contributed by atoms with Gasteiger partial charge in [-0.05, 0) is 0 Å². The van der Waals surface area contributed by atoms with Crippen LogP contribution in [0.25, 0.3) is 0 Å². The molecular formula is C4H5FN4. The zero-order valence-electron chi connectivity index (χ0n) is 4.50. The number of nitrogens with two attached hydrogens (primary N) is 1. The molecule has 1 heterocycles. The second-order valence-corrected chi connectivity index (χ2v) is 1.37. The Hall–Kier alpha value is -1.23. The van der Waals surface area contributed by atoms with Crippen molar-refractivity contribution in [3.05, 3.63) is 18.2 Å². The second kappa shape index (κ2) is 2.36. The lowest BCUT2D eigenvalue weighted by atomic mass is 10.6. The summed E-state index contributed by atoms with van der Waals surface area (Å²) in [4.78, 5) is 6.95. The Labute approximate surface area is 50.9 Å². The average Bonchev–Trinajstić information content (AvgIpc) is 1.90. The molecular weight excluding hydrogens is 123 g/mol. The van der Waals surface area contributed by atoms with Crippen LogP contribution in [-0.4, -0.2) is 9.97 Å². The van der Waals surface area contributed by atoms with Crippen molar-refractivity contribution >= 4 is 5.95 Å². The number of hydrogen-bond acceptors (Lipinski definition) is 4. The van der Waals surface area contributed by atoms with E-state index in [4.69, 9.17) is 5.84 Å². The summed E-state index contributed by atoms with van der Waals surface area (Å²) in [6.45, 7) is 0. The monoisotopic (exact) mass is 128 g/mol. The highest BCUT2D eigenvalue weighted by atomic mass is 19.1. The molecule has 0 aliphatic rings. The highest BCUT2D eigenvalue weighted by molar-refractivity contribution is 5.18. The van der Waals surface area contributed by atoms with E-state index in [0.717, 1.165) is 12.4 Å². The summed E-state index contributed by atoms with van der Waals surface area (Å²) in [5.41, 5.74) is 2.17. The number of anilines is 1. The third kappa shape index (κ3) is 1.33. The van der Waals surface area contributed by atoms with E-state index < -0.39 is 5.82 Å². The van der Waals surface area contributed by atoms with Crippen LogP contribution in [0.1, 0.15) is 0 Å². The van der Waals surface area contributed by atoms with Crippen LogP contribution in [0.5, 0.6) is 0 Å². The van der Waals surface area contributed by atoms with Gasteiger partial charge in [0.25, 0.3) is 0 Å². The molecule has 0 radical (unpaired) electrons. The number of rotatable bonds is 1. The molecule has 0 atom stereocenters. The molecule has 0 fully saturated rings. The largest absolute Gasteiger partial charge is 0.292 e. The quantitative estimate of drug-likeness (QED) is 0.409. The van der Waals surface area contributed by atoms with Crippen molar-refractivity contribution in [3.63, 3.8) is 0 Å². The molecule has 0 aliphatic carbocycles. The Morgan fingerprint density at radius 2 is 2.00 bits per heavy atom. The lowest BCUT2D eigenvalue weighted by molar-refractivity contribution is 0.614. The van der Waals surface area contributed by atoms with Gasteiger partial charge in [-0.25, -0.2) is 20.2 Å². The molecule has 1 aromatic heterocycles. The van der Waals surface area contributed by atoms with E-state index >= 15 is 0 Å². The fourth-order valence-electron chi connectivity index (χ4n) is 0.387. The fourth-order valence-corrected chi connectivity index (χ4v) is 0.387. The minimum atomic E-state index is -0.478. The zero-order chi connectivity index (χ0) is 6.69. The smallest absolute Gasteiger partial charge is 0.237 e. The molecule has 0 bridgehead atoms. The fraction of sp³-hybridized carbons (Fsp3) is 0. The average molecular weight is 128 g/mol. The minimum Gasteiger partial charge on any atom is -0.292 e. The van der Waals surface area contributed by atoms with E-state index in [2.05, 4.69) is 15.4 Å². The topological polar surface area (TPSA) is 63.8 Å². The highest BCUT2D eigenvalue weighted by Gasteiger charge is 1.90. The number of hydrazine groups is 1. The molecule has 0 saturated carbocycles. The zero-order valence-corrected chi connectivity index (χ0v) is 4.50. The number of nitrogens with zero attached hydrogens (tertiary/aromatic N) is 2. The summed E-state index contributed by atoms with van der Waals surface area (Å²) in [5.74, 6) is 4.63. The van der Waals surface area contributed by atoms with Crippen LogP contribution in [0.2, 0.25) is 0 Å². The normalized spacial score (nSPS) is 9.11. The number of aromatic nitrogens is 2. The predicted octanol–water partition coefficient (Wildman–Crippen LogP) is -0.0987. The summed E-state index contributed by atoms with van der Waals surface area (Å²) in [5, 5.41) is 0. The van der Waals surface area contributed by atoms with Gasteiger partial charge in [-0.2, -0.15) is 0 Å². The number of nitrogens with one attached hydrogen (secondary N) is 1. The molecule has 0 unspecified atom stereocenters. The van der Waals surface area contributed by atoms with E-state index in [1.54, 1.807) is 0 Å². The van der Waals surface area contributed by atoms with Crippen molar-refractivity contribution in [1.29, 1.82) is 0 Å². The van der Waals surface area contributed by atoms with E-state index in [0.29, 0.717) is 0 Å². The summed E-state index contributed by atoms with van der Waals surface area (Å²) in [7, 11) is 0. The van der Waals surface area contributed by atoms with Gasteiger partial charge < -0.3 is 0 Å². The molecule has 5 heteroatoms. The van der Waals surface area contributed by atoms with Crippen LogP contribution < -0.4 is 11.3 Å². The molecule has 1 rings (SSSR count). The van der Waals surface area contributed by atoms with E-state index in [-0.39, 0.29) is 5.95 Å². The van der Waals surface area contributed by atoms with E-state index in [9.17, 15) is 4.39 Å². The number of nitrogen functional groups attached to an aromatic ring is 1. The van der Waals surface area contributed by atoms with Crippen LogP contribution in [0.3, 0.4) is 0 Å². The molecule has 3 N–H and O–H groups in total. The molecule has 4 nitrogen and oxygen atoms in total. The standard InChI is InChI=1S/C4H5FN4/c5-3-1-7-4(9-6)8-2-3/h1-2H,6H2,(H,7,8,9). The van der Waals surface area contributed by atoms with Gasteiger partial charge in [0.2, 0.25) is 5.95 Å². The van der Waals surface area contributed by atoms with Crippen LogP contribution in [0, 0.1) is 5.82 Å². The summed E-state index contributed by atoms with van der Waals surface area (Å²) >= 11 is 0. The number of halogens is 1. The first-order valence-corrected chi connectivity index (χ1v) is 2.27. The maximum Gasteiger partial charge on any atom is 0.237 e. The second-order valence-electron chi connectivity index (χ2n) is 1.37. The molecule has 0 amide bonds. The molecule has 0 aromatic carbocycles. The molecule has 48 valence electrons. The van der Waals surface area contributed by atoms with Gasteiger partial charge in [0, 0.05) is 0 Å². The summed E-state index contributed by atoms with van der Waals surface area (Å²) in [6, 6.07) is 0. The van der Waals surface area contributed by atoms with Gasteiger partial charge in [-0.1, -0.05) is 0 Å². The van der Waals surface area contributed by atoms with Crippen molar-refractivity contribution < 1.29 is 4.39 Å². The Morgan fingerprint density at radius 1 is 1.44 bits per heavy atom. The van der Waals surface area contributed by atoms with Crippen LogP contribution in [0.4, 0.5) is 10.3 Å². The maximum absolute atomic E-state index is 12.0. The highest BCUT2D eigenvalue weighted by Crippen LogP contribution is 1.94. The third-order valence-corrected chi connectivity index (χ3v) is 0.749. The Balaban J connectivity index is 2.88. The van der Waals surface area contributed by atoms with Gasteiger partial charge in [0.1, 0.15) is 0 Å². The van der Waals surface area contributed by atoms with Crippen molar-refractivity contribution in [2.75, 3.05) is 5.43 Å². The molecule has 9 heavy (non-hydrogen) atoms. The number of hydrogen-bond donors (Lipinski definition) is 2. The Kier molecular flexibility index (Phi) is 1.55. The Morgan fingerprint density at radius 3 is 2.44 bits per heavy atom. The third-order valence-electron chi connectivity index (χ3n) is 0.749. The van der Waals surface area contributed by atoms with Crippen LogP contribution in [-0.2, 0) is 0 Å². The van der Waals surface area contributed by atoms with Crippen molar-refractivity contribution in [3.8, 4) is 0 Å². The van der Waals surface area contributed by atoms with Gasteiger partial charge in [-0.15, -0.1) is 0 Å². The maximum atomic E-state index is 12.0. The predicted molar refractivity (Wildman–Crippen MR) is 29.8 cm³/mol. The van der Waals surface area contributed by atoms with Crippen molar-refractivity contribution in [1.82, 2.24) is 9.97 Å². The van der Waals surface area contributed by atoms with Crippen LogP contribution >= 0.6 is 0 Å². The first-order chi connectivity index (χ1) is 4.33. The SMILES string of the molecule is NNc1ncc(F)cn1. The van der Waals surface area contributed by atoms with Gasteiger partial charge in [0.15, 0.2) is 5.82 Å². The lowest BCUT2D eigenvalue weighted by Gasteiger charge is -1.93. The molecule has 1 aromatic rings. The van der Waals surface area contributed by atoms with Crippen LogP contribution in [0.15, 0.2) is 12.4 Å². The first-order valence-electron chi connectivity index (χ1n) is 2.27. The van der Waals surface area contributed by atoms with Crippen molar-refractivity contribution in [2.45, 2.75) is 0 Å². The lowest BCUT2D eigenvalue weighted by Crippen LogP contribution is -2.09. The molecule has 0 saturated heterocycles. The van der Waals surface area contributed by atoms with Gasteiger partial charge in [-0.3, -0.25) is 5.43 Å². The first kappa shape index (κ1) is 5.90. The summed E-state index contributed by atoms with van der Waals surface area (Å²) < 4.78 is 12.0. The van der Waals surface area contributed by atoms with Gasteiger partial charge in [0.05, 0.1) is 12.4 Å². The molecule has 0 spiro atoms. The van der Waals surface area contributed by atoms with Crippen molar-refractivity contribution in [2.24, 2.45) is 5.84 Å². The Bertz CT molecular complexity index is 184. The summed E-state index contributed by atoms with van der Waals surface area (Å²) in [6.07, 6.45) is 2.06. The van der Waals surface area contributed by atoms with E-state index in [1.807, 2.05) is 0 Å². The molecule has 0 aliphatic heterocycles.